The van der Waals surface area contributed by atoms with Crippen LogP contribution in [0.2, 0.25) is 0 Å². The minimum atomic E-state index is -0.539. The Kier molecular flexibility index (Phi) is 8.01. The van der Waals surface area contributed by atoms with Crippen LogP contribution >= 0.6 is 27.7 Å². The number of anilines is 1. The van der Waals surface area contributed by atoms with E-state index in [0.717, 1.165) is 4.47 Å². The lowest BCUT2D eigenvalue weighted by Gasteiger charge is -2.15. The Morgan fingerprint density at radius 2 is 2.03 bits per heavy atom. The van der Waals surface area contributed by atoms with Crippen LogP contribution < -0.4 is 10.1 Å². The molecule has 3 rings (SSSR count). The van der Waals surface area contributed by atoms with E-state index in [1.807, 2.05) is 35.8 Å². The summed E-state index contributed by atoms with van der Waals surface area (Å²) in [6.45, 7) is 6.07. The number of hydrogen-bond acceptors (Lipinski definition) is 7. The molecular weight excluding hydrogens is 498 g/mol. The zero-order valence-corrected chi connectivity index (χ0v) is 19.5. The average molecular weight is 518 g/mol. The minimum absolute atomic E-state index is 0.00325. The molecule has 0 aliphatic rings. The Labute approximate surface area is 197 Å². The van der Waals surface area contributed by atoms with Crippen LogP contribution in [-0.4, -0.2) is 31.3 Å². The predicted molar refractivity (Wildman–Crippen MR) is 126 cm³/mol. The molecule has 3 aromatic rings. The van der Waals surface area contributed by atoms with E-state index in [9.17, 15) is 14.9 Å². The van der Waals surface area contributed by atoms with Crippen molar-refractivity contribution in [2.75, 3.05) is 11.1 Å². The van der Waals surface area contributed by atoms with Gasteiger partial charge in [-0.3, -0.25) is 19.5 Å². The molecule has 0 fully saturated rings. The fourth-order valence-corrected chi connectivity index (χ4v) is 3.85. The van der Waals surface area contributed by atoms with E-state index in [1.54, 1.807) is 18.2 Å². The highest BCUT2D eigenvalue weighted by molar-refractivity contribution is 9.10. The van der Waals surface area contributed by atoms with Gasteiger partial charge < -0.3 is 10.1 Å². The number of thioether (sulfide) groups is 1. The number of carbonyl (C=O) groups is 1. The normalized spacial score (nSPS) is 11.6. The van der Waals surface area contributed by atoms with Gasteiger partial charge in [0.1, 0.15) is 11.4 Å². The highest BCUT2D eigenvalue weighted by Gasteiger charge is 2.20. The number of benzene rings is 2. The van der Waals surface area contributed by atoms with Crippen molar-refractivity contribution < 1.29 is 14.5 Å². The number of para-hydroxylation sites is 2. The fourth-order valence-electron chi connectivity index (χ4n) is 2.83. The van der Waals surface area contributed by atoms with E-state index in [2.05, 4.69) is 38.0 Å². The van der Waals surface area contributed by atoms with Crippen molar-refractivity contribution >= 4 is 45.0 Å². The average Bonchev–Trinajstić information content (AvgIpc) is 3.17. The SMILES string of the molecule is C=CCn1c(SCC(=O)Nc2ccccc2[N+](=O)[O-])nnc1C(C)Oc1ccc(Br)cc1. The van der Waals surface area contributed by atoms with Gasteiger partial charge in [0.15, 0.2) is 17.1 Å². The van der Waals surface area contributed by atoms with Crippen LogP contribution in [0, 0.1) is 10.1 Å². The zero-order chi connectivity index (χ0) is 23.1. The van der Waals surface area contributed by atoms with E-state index in [0.29, 0.717) is 23.3 Å². The van der Waals surface area contributed by atoms with E-state index in [4.69, 9.17) is 4.74 Å². The number of nitro groups is 1. The molecule has 166 valence electrons. The number of halogens is 1. The molecule has 0 bridgehead atoms. The van der Waals surface area contributed by atoms with Gasteiger partial charge >= 0.3 is 0 Å². The predicted octanol–water partition coefficient (Wildman–Crippen LogP) is 5.01. The molecule has 1 aromatic heterocycles. The molecule has 1 unspecified atom stereocenters. The molecule has 1 heterocycles. The Morgan fingerprint density at radius 1 is 1.31 bits per heavy atom. The third-order valence-corrected chi connectivity index (χ3v) is 5.75. The van der Waals surface area contributed by atoms with Crippen LogP contribution in [0.3, 0.4) is 0 Å². The number of amides is 1. The van der Waals surface area contributed by atoms with Gasteiger partial charge in [-0.1, -0.05) is 45.9 Å². The topological polar surface area (TPSA) is 112 Å². The molecule has 1 amide bonds. The monoisotopic (exact) mass is 517 g/mol. The van der Waals surface area contributed by atoms with Crippen LogP contribution in [0.25, 0.3) is 0 Å². The van der Waals surface area contributed by atoms with Gasteiger partial charge in [-0.25, -0.2) is 0 Å². The third-order valence-electron chi connectivity index (χ3n) is 4.25. The van der Waals surface area contributed by atoms with Gasteiger partial charge in [-0.2, -0.15) is 0 Å². The number of nitro benzene ring substituents is 1. The number of hydrogen-bond donors (Lipinski definition) is 1. The number of carbonyl (C=O) groups excluding carboxylic acids is 1. The first-order chi connectivity index (χ1) is 15.4. The molecule has 32 heavy (non-hydrogen) atoms. The van der Waals surface area contributed by atoms with Crippen LogP contribution in [0.5, 0.6) is 5.75 Å². The largest absolute Gasteiger partial charge is 0.483 e. The molecule has 0 radical (unpaired) electrons. The summed E-state index contributed by atoms with van der Waals surface area (Å²) in [5.41, 5.74) is -0.0188. The lowest BCUT2D eigenvalue weighted by molar-refractivity contribution is -0.383. The van der Waals surface area contributed by atoms with Crippen molar-refractivity contribution in [1.29, 1.82) is 0 Å². The molecule has 0 spiro atoms. The summed E-state index contributed by atoms with van der Waals surface area (Å²) in [6, 6.07) is 13.4. The summed E-state index contributed by atoms with van der Waals surface area (Å²) < 4.78 is 8.73. The number of aromatic nitrogens is 3. The summed E-state index contributed by atoms with van der Waals surface area (Å²) in [5, 5.41) is 22.6. The molecular formula is C21H20BrN5O4S. The fraction of sp³-hybridized carbons (Fsp3) is 0.190. The first-order valence-electron chi connectivity index (χ1n) is 9.51. The van der Waals surface area contributed by atoms with E-state index in [-0.39, 0.29) is 17.1 Å². The summed E-state index contributed by atoms with van der Waals surface area (Å²) in [7, 11) is 0. The summed E-state index contributed by atoms with van der Waals surface area (Å²) in [6.07, 6.45) is 1.32. The second kappa shape index (κ2) is 10.9. The van der Waals surface area contributed by atoms with Crippen LogP contribution in [0.4, 0.5) is 11.4 Å². The van der Waals surface area contributed by atoms with Gasteiger partial charge in [0, 0.05) is 17.1 Å². The molecule has 0 saturated heterocycles. The Balaban J connectivity index is 1.68. The number of nitrogens with zero attached hydrogens (tertiary/aromatic N) is 4. The Morgan fingerprint density at radius 3 is 2.72 bits per heavy atom. The van der Waals surface area contributed by atoms with Crippen molar-refractivity contribution in [3.05, 3.63) is 81.6 Å². The molecule has 0 aliphatic carbocycles. The van der Waals surface area contributed by atoms with E-state index < -0.39 is 16.9 Å². The van der Waals surface area contributed by atoms with Crippen LogP contribution in [0.1, 0.15) is 18.9 Å². The Hall–Kier alpha value is -3.18. The van der Waals surface area contributed by atoms with Crippen molar-refractivity contribution in [1.82, 2.24) is 14.8 Å². The smallest absolute Gasteiger partial charge is 0.292 e. The van der Waals surface area contributed by atoms with Gasteiger partial charge in [0.25, 0.3) is 5.69 Å². The highest BCUT2D eigenvalue weighted by atomic mass is 79.9. The molecule has 0 aliphatic heterocycles. The van der Waals surface area contributed by atoms with Gasteiger partial charge in [0.2, 0.25) is 5.91 Å². The maximum absolute atomic E-state index is 12.4. The lowest BCUT2D eigenvalue weighted by atomic mass is 10.2. The molecule has 11 heteroatoms. The van der Waals surface area contributed by atoms with Crippen molar-refractivity contribution in [3.63, 3.8) is 0 Å². The van der Waals surface area contributed by atoms with Crippen molar-refractivity contribution in [3.8, 4) is 5.75 Å². The number of rotatable bonds is 10. The maximum Gasteiger partial charge on any atom is 0.292 e. The minimum Gasteiger partial charge on any atom is -0.483 e. The van der Waals surface area contributed by atoms with Gasteiger partial charge in [0.05, 0.1) is 10.7 Å². The summed E-state index contributed by atoms with van der Waals surface area (Å²) in [5.74, 6) is 0.892. The van der Waals surface area contributed by atoms with Crippen LogP contribution in [0.15, 0.2) is 70.8 Å². The first kappa shape index (κ1) is 23.5. The molecule has 9 nitrogen and oxygen atoms in total. The van der Waals surface area contributed by atoms with Crippen LogP contribution in [-0.2, 0) is 11.3 Å². The van der Waals surface area contributed by atoms with Crippen molar-refractivity contribution in [2.24, 2.45) is 0 Å². The van der Waals surface area contributed by atoms with Crippen molar-refractivity contribution in [2.45, 2.75) is 24.7 Å². The molecule has 0 saturated carbocycles. The third kappa shape index (κ3) is 5.95. The van der Waals surface area contributed by atoms with Gasteiger partial charge in [-0.05, 0) is 37.3 Å². The number of allylic oxidation sites excluding steroid dienone is 1. The first-order valence-corrected chi connectivity index (χ1v) is 11.3. The second-order valence-corrected chi connectivity index (χ2v) is 8.42. The molecule has 1 N–H and O–H groups in total. The quantitative estimate of drug-likeness (QED) is 0.174. The number of nitrogens with one attached hydrogen (secondary N) is 1. The summed E-state index contributed by atoms with van der Waals surface area (Å²) >= 11 is 4.56. The number of ether oxygens (including phenoxy) is 1. The zero-order valence-electron chi connectivity index (χ0n) is 17.1. The summed E-state index contributed by atoms with van der Waals surface area (Å²) in [4.78, 5) is 23.0. The standard InChI is InChI=1S/C21H20BrN5O4S/c1-3-12-26-20(14(2)31-16-10-8-15(22)9-11-16)24-25-21(26)32-13-19(28)23-17-6-4-5-7-18(17)27(29)30/h3-11,14H,1,12-13H2,2H3,(H,23,28). The molecule has 2 aromatic carbocycles. The highest BCUT2D eigenvalue weighted by Crippen LogP contribution is 2.27. The van der Waals surface area contributed by atoms with E-state index >= 15 is 0 Å². The second-order valence-electron chi connectivity index (χ2n) is 6.57. The lowest BCUT2D eigenvalue weighted by Crippen LogP contribution is -2.16. The maximum atomic E-state index is 12.4. The Bertz CT molecular complexity index is 1120. The van der Waals surface area contributed by atoms with Gasteiger partial charge in [-0.15, -0.1) is 16.8 Å². The van der Waals surface area contributed by atoms with E-state index in [1.165, 1.54) is 23.9 Å². The molecule has 1 atom stereocenters.